The van der Waals surface area contributed by atoms with Gasteiger partial charge in [0.1, 0.15) is 11.6 Å². The Kier molecular flexibility index (Phi) is 5.33. The summed E-state index contributed by atoms with van der Waals surface area (Å²) in [6.45, 7) is 5.20. The third-order valence-corrected chi connectivity index (χ3v) is 2.41. The van der Waals surface area contributed by atoms with Gasteiger partial charge in [-0.15, -0.1) is 0 Å². The second kappa shape index (κ2) is 5.53. The Hall–Kier alpha value is -0.530. The molecular weight excluding hydrogens is 313 g/mol. The molecule has 0 fully saturated rings. The summed E-state index contributed by atoms with van der Waals surface area (Å²) in [6.07, 6.45) is -0.619. The summed E-state index contributed by atoms with van der Waals surface area (Å²) in [5, 5.41) is 8.84. The minimum absolute atomic E-state index is 0.322. The molecule has 5 nitrogen and oxygen atoms in total. The second-order valence-corrected chi connectivity index (χ2v) is 4.98. The number of likely N-dealkylation sites (N-methyl/N-ethyl adjacent to an activating group) is 1. The Balaban J connectivity index is 4.49. The third kappa shape index (κ3) is 5.19. The summed E-state index contributed by atoms with van der Waals surface area (Å²) < 4.78 is 5.38. The van der Waals surface area contributed by atoms with Crippen LogP contribution in [-0.4, -0.2) is 45.2 Å². The summed E-state index contributed by atoms with van der Waals surface area (Å²) >= 11 is 1.92. The van der Waals surface area contributed by atoms with E-state index in [1.54, 1.807) is 20.8 Å². The fraction of sp³-hybridized carbons (Fsp3) is 0.778. The number of rotatable bonds is 3. The minimum Gasteiger partial charge on any atom is -0.480 e. The number of alkyl halides is 1. The first kappa shape index (κ1) is 14.5. The third-order valence-electron chi connectivity index (χ3n) is 1.58. The maximum Gasteiger partial charge on any atom is 0.410 e. The number of hydrogen-bond donors (Lipinski definition) is 1. The van der Waals surface area contributed by atoms with Gasteiger partial charge < -0.3 is 9.84 Å². The van der Waals surface area contributed by atoms with Crippen molar-refractivity contribution in [2.24, 2.45) is 0 Å². The molecule has 0 aromatic carbocycles. The van der Waals surface area contributed by atoms with E-state index in [-0.39, 0.29) is 0 Å². The molecule has 0 saturated carbocycles. The zero-order valence-electron chi connectivity index (χ0n) is 9.28. The molecule has 0 aliphatic heterocycles. The lowest BCUT2D eigenvalue weighted by molar-refractivity contribution is -0.141. The molecule has 0 aliphatic rings. The van der Waals surface area contributed by atoms with Gasteiger partial charge in [-0.25, -0.2) is 9.59 Å². The van der Waals surface area contributed by atoms with Crippen LogP contribution in [-0.2, 0) is 9.53 Å². The summed E-state index contributed by atoms with van der Waals surface area (Å²) in [7, 11) is 1.42. The van der Waals surface area contributed by atoms with E-state index in [1.807, 2.05) is 22.6 Å². The van der Waals surface area contributed by atoms with Gasteiger partial charge >= 0.3 is 12.1 Å². The van der Waals surface area contributed by atoms with Gasteiger partial charge in [0.15, 0.2) is 0 Å². The lowest BCUT2D eigenvalue weighted by Gasteiger charge is -2.27. The molecule has 0 radical (unpaired) electrons. The second-order valence-electron chi connectivity index (χ2n) is 4.10. The number of amides is 1. The van der Waals surface area contributed by atoms with Crippen LogP contribution in [0.4, 0.5) is 4.79 Å². The topological polar surface area (TPSA) is 66.8 Å². The smallest absolute Gasteiger partial charge is 0.410 e. The first-order valence-corrected chi connectivity index (χ1v) is 5.96. The van der Waals surface area contributed by atoms with E-state index in [4.69, 9.17) is 9.84 Å². The van der Waals surface area contributed by atoms with Crippen molar-refractivity contribution in [2.45, 2.75) is 32.4 Å². The molecule has 0 spiro atoms. The number of carboxylic acid groups (broad SMARTS) is 1. The number of hydrogen-bond acceptors (Lipinski definition) is 3. The predicted molar refractivity (Wildman–Crippen MR) is 64.3 cm³/mol. The van der Waals surface area contributed by atoms with E-state index >= 15 is 0 Å². The van der Waals surface area contributed by atoms with Gasteiger partial charge in [0.2, 0.25) is 0 Å². The van der Waals surface area contributed by atoms with Crippen LogP contribution in [0, 0.1) is 0 Å². The Morgan fingerprint density at radius 3 is 2.20 bits per heavy atom. The quantitative estimate of drug-likeness (QED) is 0.633. The van der Waals surface area contributed by atoms with Crippen molar-refractivity contribution in [1.29, 1.82) is 0 Å². The molecule has 0 rings (SSSR count). The van der Waals surface area contributed by atoms with Crippen molar-refractivity contribution in [1.82, 2.24) is 4.90 Å². The average Bonchev–Trinajstić information content (AvgIpc) is 2.01. The number of aliphatic carboxylic acids is 1. The van der Waals surface area contributed by atoms with Crippen LogP contribution in [0.15, 0.2) is 0 Å². The maximum absolute atomic E-state index is 11.5. The number of nitrogens with zero attached hydrogens (tertiary/aromatic N) is 1. The summed E-state index contributed by atoms with van der Waals surface area (Å²) in [5.41, 5.74) is -0.611. The largest absolute Gasteiger partial charge is 0.480 e. The summed E-state index contributed by atoms with van der Waals surface area (Å²) in [5.74, 6) is -1.03. The molecule has 6 heteroatoms. The van der Waals surface area contributed by atoms with Gasteiger partial charge in [-0.2, -0.15) is 0 Å². The van der Waals surface area contributed by atoms with Crippen LogP contribution in [0.5, 0.6) is 0 Å². The van der Waals surface area contributed by atoms with Gasteiger partial charge in [-0.1, -0.05) is 22.6 Å². The minimum atomic E-state index is -1.03. The van der Waals surface area contributed by atoms with Crippen molar-refractivity contribution in [2.75, 3.05) is 11.5 Å². The summed E-state index contributed by atoms with van der Waals surface area (Å²) in [6, 6.07) is -0.847. The van der Waals surface area contributed by atoms with Crippen LogP contribution in [0.25, 0.3) is 0 Å². The maximum atomic E-state index is 11.5. The van der Waals surface area contributed by atoms with Crippen LogP contribution in [0.3, 0.4) is 0 Å². The van der Waals surface area contributed by atoms with E-state index < -0.39 is 23.7 Å². The lowest BCUT2D eigenvalue weighted by Crippen LogP contribution is -2.45. The fourth-order valence-corrected chi connectivity index (χ4v) is 1.76. The van der Waals surface area contributed by atoms with E-state index in [0.29, 0.717) is 4.43 Å². The summed E-state index contributed by atoms with van der Waals surface area (Å²) in [4.78, 5) is 23.4. The van der Waals surface area contributed by atoms with E-state index in [2.05, 4.69) is 0 Å². The highest BCUT2D eigenvalue weighted by Crippen LogP contribution is 2.11. The Bertz CT molecular complexity index is 249. The normalized spacial score (nSPS) is 13.1. The van der Waals surface area contributed by atoms with Crippen molar-refractivity contribution < 1.29 is 19.4 Å². The zero-order chi connectivity index (χ0) is 12.2. The lowest BCUT2D eigenvalue weighted by atomic mass is 10.2. The highest BCUT2D eigenvalue weighted by Gasteiger charge is 2.28. The number of carboxylic acids is 1. The van der Waals surface area contributed by atoms with Crippen molar-refractivity contribution >= 4 is 34.7 Å². The molecule has 0 saturated heterocycles. The molecule has 15 heavy (non-hydrogen) atoms. The molecule has 0 heterocycles. The van der Waals surface area contributed by atoms with Crippen LogP contribution in [0.2, 0.25) is 0 Å². The molecule has 1 unspecified atom stereocenters. The van der Waals surface area contributed by atoms with Crippen molar-refractivity contribution in [3.63, 3.8) is 0 Å². The molecule has 88 valence electrons. The molecule has 0 aromatic heterocycles. The number of carbonyl (C=O) groups is 2. The van der Waals surface area contributed by atoms with Crippen molar-refractivity contribution in [3.8, 4) is 0 Å². The first-order valence-electron chi connectivity index (χ1n) is 4.43. The monoisotopic (exact) mass is 329 g/mol. The van der Waals surface area contributed by atoms with Gasteiger partial charge in [-0.05, 0) is 20.8 Å². The van der Waals surface area contributed by atoms with Gasteiger partial charge in [0.25, 0.3) is 0 Å². The standard InChI is InChI=1S/C9H16INO4/c1-9(2,3)15-8(14)11(4)6(5-10)7(12)13/h6H,5H2,1-4H3,(H,12,13). The number of carbonyl (C=O) groups excluding carboxylic acids is 1. The van der Waals surface area contributed by atoms with Crippen molar-refractivity contribution in [3.05, 3.63) is 0 Å². The van der Waals surface area contributed by atoms with Gasteiger partial charge in [0.05, 0.1) is 0 Å². The first-order chi connectivity index (χ1) is 6.69. The molecule has 0 aliphatic carbocycles. The van der Waals surface area contributed by atoms with Crippen LogP contribution < -0.4 is 0 Å². The molecule has 1 amide bonds. The highest BCUT2D eigenvalue weighted by molar-refractivity contribution is 14.1. The Morgan fingerprint density at radius 2 is 1.93 bits per heavy atom. The van der Waals surface area contributed by atoms with E-state index in [1.165, 1.54) is 7.05 Å². The molecule has 1 N–H and O–H groups in total. The Labute approximate surface area is 103 Å². The molecular formula is C9H16INO4. The molecule has 0 aromatic rings. The average molecular weight is 329 g/mol. The van der Waals surface area contributed by atoms with E-state index in [9.17, 15) is 9.59 Å². The highest BCUT2D eigenvalue weighted by atomic mass is 127. The molecule has 1 atom stereocenters. The van der Waals surface area contributed by atoms with E-state index in [0.717, 1.165) is 4.90 Å². The SMILES string of the molecule is CN(C(=O)OC(C)(C)C)C(CI)C(=O)O. The number of ether oxygens (including phenoxy) is 1. The zero-order valence-corrected chi connectivity index (χ0v) is 11.4. The molecule has 0 bridgehead atoms. The predicted octanol–water partition coefficient (Wildman–Crippen LogP) is 1.74. The number of halogens is 1. The van der Waals surface area contributed by atoms with Crippen LogP contribution in [0.1, 0.15) is 20.8 Å². The van der Waals surface area contributed by atoms with Gasteiger partial charge in [0, 0.05) is 11.5 Å². The Morgan fingerprint density at radius 1 is 1.47 bits per heavy atom. The fourth-order valence-electron chi connectivity index (χ4n) is 0.796. The van der Waals surface area contributed by atoms with Gasteiger partial charge in [-0.3, -0.25) is 4.90 Å². The van der Waals surface area contributed by atoms with Crippen LogP contribution >= 0.6 is 22.6 Å².